The van der Waals surface area contributed by atoms with E-state index < -0.39 is 6.04 Å². The molecule has 2 rings (SSSR count). The van der Waals surface area contributed by atoms with Gasteiger partial charge in [0.25, 0.3) is 0 Å². The lowest BCUT2D eigenvalue weighted by molar-refractivity contribution is -0.118. The van der Waals surface area contributed by atoms with Gasteiger partial charge in [0.05, 0.1) is 16.8 Å². The maximum Gasteiger partial charge on any atom is 0.241 e. The van der Waals surface area contributed by atoms with Gasteiger partial charge in [-0.3, -0.25) is 4.79 Å². The summed E-state index contributed by atoms with van der Waals surface area (Å²) in [6, 6.07) is 4.63. The number of anilines is 1. The Morgan fingerprint density at radius 1 is 1.45 bits per heavy atom. The number of benzene rings is 1. The maximum absolute atomic E-state index is 12.1. The number of halogens is 1. The smallest absolute Gasteiger partial charge is 0.241 e. The zero-order valence-electron chi connectivity index (χ0n) is 11.2. The number of para-hydroxylation sites is 1. The third-order valence-corrected chi connectivity index (χ3v) is 3.22. The van der Waals surface area contributed by atoms with Gasteiger partial charge in [0.2, 0.25) is 5.91 Å². The van der Waals surface area contributed by atoms with Crippen LogP contribution in [0, 0.1) is 5.92 Å². The van der Waals surface area contributed by atoms with Gasteiger partial charge < -0.3 is 11.1 Å². The average molecular weight is 294 g/mol. The van der Waals surface area contributed by atoms with E-state index in [1.54, 1.807) is 18.2 Å². The van der Waals surface area contributed by atoms with Crippen molar-refractivity contribution < 1.29 is 4.79 Å². The van der Waals surface area contributed by atoms with Gasteiger partial charge in [-0.15, -0.1) is 0 Å². The second-order valence-electron chi connectivity index (χ2n) is 4.74. The number of amides is 1. The molecule has 106 valence electrons. The van der Waals surface area contributed by atoms with Crippen LogP contribution in [-0.4, -0.2) is 26.7 Å². The predicted molar refractivity (Wildman–Crippen MR) is 77.8 cm³/mol. The van der Waals surface area contributed by atoms with Crippen LogP contribution in [0.1, 0.15) is 13.8 Å². The highest BCUT2D eigenvalue weighted by Gasteiger charge is 2.19. The standard InChI is InChI=1S/C13H16ClN5O/c1-8(2)11(15)13(20)18-10-5-3-4-9(14)12(10)19-7-16-6-17-19/h3-8,11H,15H2,1-2H3,(H,18,20)/t11-/m0/s1. The van der Waals surface area contributed by atoms with Gasteiger partial charge in [-0.1, -0.05) is 31.5 Å². The highest BCUT2D eigenvalue weighted by atomic mass is 35.5. The molecule has 0 spiro atoms. The van der Waals surface area contributed by atoms with E-state index in [1.807, 2.05) is 13.8 Å². The van der Waals surface area contributed by atoms with E-state index in [0.29, 0.717) is 16.4 Å². The van der Waals surface area contributed by atoms with E-state index in [4.69, 9.17) is 17.3 Å². The number of hydrogen-bond acceptors (Lipinski definition) is 4. The summed E-state index contributed by atoms with van der Waals surface area (Å²) in [7, 11) is 0. The van der Waals surface area contributed by atoms with Crippen LogP contribution in [0.15, 0.2) is 30.9 Å². The van der Waals surface area contributed by atoms with Crippen LogP contribution in [0.25, 0.3) is 5.69 Å². The molecule has 7 heteroatoms. The maximum atomic E-state index is 12.1. The minimum atomic E-state index is -0.586. The first-order valence-corrected chi connectivity index (χ1v) is 6.58. The van der Waals surface area contributed by atoms with Gasteiger partial charge in [0.15, 0.2) is 0 Å². The van der Waals surface area contributed by atoms with E-state index in [9.17, 15) is 4.79 Å². The SMILES string of the molecule is CC(C)[C@H](N)C(=O)Nc1cccc(Cl)c1-n1cncn1. The average Bonchev–Trinajstić information content (AvgIpc) is 2.91. The number of nitrogens with two attached hydrogens (primary N) is 1. The Hall–Kier alpha value is -1.92. The molecule has 1 heterocycles. The van der Waals surface area contributed by atoms with E-state index in [-0.39, 0.29) is 11.8 Å². The molecule has 0 aliphatic heterocycles. The molecule has 6 nitrogen and oxygen atoms in total. The highest BCUT2D eigenvalue weighted by Crippen LogP contribution is 2.27. The summed E-state index contributed by atoms with van der Waals surface area (Å²) in [4.78, 5) is 15.9. The summed E-state index contributed by atoms with van der Waals surface area (Å²) in [5.41, 5.74) is 6.95. The number of nitrogens with zero attached hydrogens (tertiary/aromatic N) is 3. The van der Waals surface area contributed by atoms with Crippen molar-refractivity contribution in [3.05, 3.63) is 35.9 Å². The van der Waals surface area contributed by atoms with Gasteiger partial charge in [-0.05, 0) is 18.1 Å². The van der Waals surface area contributed by atoms with Crippen LogP contribution in [0.2, 0.25) is 5.02 Å². The number of carbonyl (C=O) groups excluding carboxylic acids is 1. The summed E-state index contributed by atoms with van der Waals surface area (Å²) in [6.45, 7) is 3.78. The third-order valence-electron chi connectivity index (χ3n) is 2.91. The second-order valence-corrected chi connectivity index (χ2v) is 5.14. The van der Waals surface area contributed by atoms with Crippen LogP contribution >= 0.6 is 11.6 Å². The largest absolute Gasteiger partial charge is 0.323 e. The van der Waals surface area contributed by atoms with Crippen molar-refractivity contribution in [1.82, 2.24) is 14.8 Å². The topological polar surface area (TPSA) is 85.8 Å². The van der Waals surface area contributed by atoms with Crippen LogP contribution in [0.3, 0.4) is 0 Å². The molecule has 3 N–H and O–H groups in total. The number of rotatable bonds is 4. The first-order valence-electron chi connectivity index (χ1n) is 6.20. The van der Waals surface area contributed by atoms with Crippen molar-refractivity contribution in [2.24, 2.45) is 11.7 Å². The van der Waals surface area contributed by atoms with Gasteiger partial charge in [-0.2, -0.15) is 5.10 Å². The number of aromatic nitrogens is 3. The number of hydrogen-bond donors (Lipinski definition) is 2. The molecule has 0 radical (unpaired) electrons. The Kier molecular flexibility index (Phi) is 4.36. The monoisotopic (exact) mass is 293 g/mol. The van der Waals surface area contributed by atoms with E-state index in [1.165, 1.54) is 17.3 Å². The van der Waals surface area contributed by atoms with Crippen molar-refractivity contribution in [3.63, 3.8) is 0 Å². The molecule has 0 aliphatic carbocycles. The zero-order valence-corrected chi connectivity index (χ0v) is 12.0. The van der Waals surface area contributed by atoms with Gasteiger partial charge in [-0.25, -0.2) is 9.67 Å². The molecule has 0 bridgehead atoms. The van der Waals surface area contributed by atoms with Crippen molar-refractivity contribution in [2.45, 2.75) is 19.9 Å². The highest BCUT2D eigenvalue weighted by molar-refractivity contribution is 6.33. The number of nitrogens with one attached hydrogen (secondary N) is 1. The van der Waals surface area contributed by atoms with Gasteiger partial charge >= 0.3 is 0 Å². The van der Waals surface area contributed by atoms with Crippen LogP contribution in [0.4, 0.5) is 5.69 Å². The lowest BCUT2D eigenvalue weighted by Gasteiger charge is -2.17. The molecule has 0 saturated heterocycles. The van der Waals surface area contributed by atoms with E-state index >= 15 is 0 Å². The molecule has 0 fully saturated rings. The normalized spacial score (nSPS) is 12.4. The molecule has 1 amide bonds. The van der Waals surface area contributed by atoms with Gasteiger partial charge in [0.1, 0.15) is 18.3 Å². The quantitative estimate of drug-likeness (QED) is 0.900. The minimum Gasteiger partial charge on any atom is -0.323 e. The Balaban J connectivity index is 2.34. The first-order chi connectivity index (χ1) is 9.50. The summed E-state index contributed by atoms with van der Waals surface area (Å²) in [5.74, 6) is -0.215. The molecule has 1 aromatic carbocycles. The van der Waals surface area contributed by atoms with Crippen molar-refractivity contribution in [1.29, 1.82) is 0 Å². The molecule has 1 atom stereocenters. The summed E-state index contributed by atoms with van der Waals surface area (Å²) in [5, 5.41) is 7.28. The number of carbonyl (C=O) groups is 1. The fourth-order valence-electron chi connectivity index (χ4n) is 1.69. The Bertz CT molecular complexity index is 597. The molecular formula is C13H16ClN5O. The van der Waals surface area contributed by atoms with Crippen molar-refractivity contribution >= 4 is 23.2 Å². The third kappa shape index (κ3) is 2.97. The second kappa shape index (κ2) is 6.02. The summed E-state index contributed by atoms with van der Waals surface area (Å²) < 4.78 is 1.50. The molecule has 0 unspecified atom stereocenters. The molecule has 1 aromatic heterocycles. The summed E-state index contributed by atoms with van der Waals surface area (Å²) in [6.07, 6.45) is 2.91. The van der Waals surface area contributed by atoms with E-state index in [0.717, 1.165) is 0 Å². The summed E-state index contributed by atoms with van der Waals surface area (Å²) >= 11 is 6.18. The van der Waals surface area contributed by atoms with Crippen LogP contribution in [0.5, 0.6) is 0 Å². The molecular weight excluding hydrogens is 278 g/mol. The van der Waals surface area contributed by atoms with E-state index in [2.05, 4.69) is 15.4 Å². The Labute approximate surface area is 121 Å². The molecule has 0 aliphatic rings. The van der Waals surface area contributed by atoms with Crippen molar-refractivity contribution in [2.75, 3.05) is 5.32 Å². The van der Waals surface area contributed by atoms with Crippen molar-refractivity contribution in [3.8, 4) is 5.69 Å². The minimum absolute atomic E-state index is 0.0454. The van der Waals surface area contributed by atoms with Gasteiger partial charge in [0, 0.05) is 0 Å². The lowest BCUT2D eigenvalue weighted by Crippen LogP contribution is -2.39. The van der Waals surface area contributed by atoms with Crippen LogP contribution in [-0.2, 0) is 4.79 Å². The fourth-order valence-corrected chi connectivity index (χ4v) is 1.95. The molecule has 20 heavy (non-hydrogen) atoms. The lowest BCUT2D eigenvalue weighted by atomic mass is 10.0. The first kappa shape index (κ1) is 14.5. The zero-order chi connectivity index (χ0) is 14.7. The Morgan fingerprint density at radius 3 is 2.80 bits per heavy atom. The predicted octanol–water partition coefficient (Wildman–Crippen LogP) is 1.84. The molecule has 0 saturated carbocycles. The Morgan fingerprint density at radius 2 is 2.20 bits per heavy atom. The molecule has 2 aromatic rings. The fraction of sp³-hybridized carbons (Fsp3) is 0.308. The van der Waals surface area contributed by atoms with Crippen LogP contribution < -0.4 is 11.1 Å².